The molecule has 2 amide bonds. The van der Waals surface area contributed by atoms with Gasteiger partial charge in [0.05, 0.1) is 18.6 Å². The van der Waals surface area contributed by atoms with Crippen LogP contribution in [-0.4, -0.2) is 57.1 Å². The van der Waals surface area contributed by atoms with Crippen LogP contribution in [-0.2, 0) is 26.2 Å². The molecular weight excluding hydrogens is 442 g/mol. The van der Waals surface area contributed by atoms with Crippen molar-refractivity contribution >= 4 is 27.5 Å². The minimum Gasteiger partial charge on any atom is -0.494 e. The molecule has 180 valence electrons. The molecule has 0 radical (unpaired) electrons. The standard InChI is InChI=1S/C24H33N3O5S/c1-6-25-24(29)19(4)26(16-20-10-8-18(3)9-11-20)23(28)17-27(33(5,30)31)21-12-14-22(15-13-21)32-7-2/h8-15,19H,6-7,16-17H2,1-5H3,(H,25,29)/t19-/m1/s1. The number of nitrogens with zero attached hydrogens (tertiary/aromatic N) is 2. The highest BCUT2D eigenvalue weighted by Crippen LogP contribution is 2.22. The van der Waals surface area contributed by atoms with E-state index in [0.717, 1.165) is 21.7 Å². The second-order valence-corrected chi connectivity index (χ2v) is 9.68. The first-order valence-electron chi connectivity index (χ1n) is 10.9. The van der Waals surface area contributed by atoms with E-state index in [1.165, 1.54) is 4.90 Å². The van der Waals surface area contributed by atoms with Gasteiger partial charge in [-0.25, -0.2) is 8.42 Å². The van der Waals surface area contributed by atoms with Crippen molar-refractivity contribution < 1.29 is 22.7 Å². The van der Waals surface area contributed by atoms with E-state index in [9.17, 15) is 18.0 Å². The van der Waals surface area contributed by atoms with Gasteiger partial charge in [0, 0.05) is 13.1 Å². The van der Waals surface area contributed by atoms with Gasteiger partial charge in [0.15, 0.2) is 0 Å². The Balaban J connectivity index is 2.34. The number of hydrogen-bond donors (Lipinski definition) is 1. The number of likely N-dealkylation sites (N-methyl/N-ethyl adjacent to an activating group) is 1. The van der Waals surface area contributed by atoms with E-state index in [-0.39, 0.29) is 12.5 Å². The summed E-state index contributed by atoms with van der Waals surface area (Å²) in [4.78, 5) is 27.3. The third-order valence-corrected chi connectivity index (χ3v) is 6.25. The average molecular weight is 476 g/mol. The minimum absolute atomic E-state index is 0.179. The molecule has 8 nitrogen and oxygen atoms in total. The second kappa shape index (κ2) is 11.7. The molecule has 0 spiro atoms. The van der Waals surface area contributed by atoms with Crippen LogP contribution in [0.5, 0.6) is 5.75 Å². The highest BCUT2D eigenvalue weighted by Gasteiger charge is 2.29. The quantitative estimate of drug-likeness (QED) is 0.539. The van der Waals surface area contributed by atoms with E-state index in [0.29, 0.717) is 24.6 Å². The first kappa shape index (κ1) is 26.2. The number of carbonyl (C=O) groups excluding carboxylic acids is 2. The third-order valence-electron chi connectivity index (χ3n) is 5.11. The Morgan fingerprint density at radius 1 is 1.03 bits per heavy atom. The molecule has 0 saturated carbocycles. The number of ether oxygens (including phenoxy) is 1. The van der Waals surface area contributed by atoms with Gasteiger partial charge in [0.25, 0.3) is 0 Å². The predicted octanol–water partition coefficient (Wildman–Crippen LogP) is 2.71. The van der Waals surface area contributed by atoms with E-state index in [1.807, 2.05) is 38.1 Å². The first-order chi connectivity index (χ1) is 15.6. The van der Waals surface area contributed by atoms with Crippen LogP contribution in [0.15, 0.2) is 48.5 Å². The van der Waals surface area contributed by atoms with Crippen molar-refractivity contribution in [3.05, 3.63) is 59.7 Å². The predicted molar refractivity (Wildman–Crippen MR) is 130 cm³/mol. The van der Waals surface area contributed by atoms with Crippen LogP contribution in [0.3, 0.4) is 0 Å². The van der Waals surface area contributed by atoms with Crippen molar-refractivity contribution in [2.45, 2.75) is 40.3 Å². The van der Waals surface area contributed by atoms with Crippen LogP contribution >= 0.6 is 0 Å². The lowest BCUT2D eigenvalue weighted by Gasteiger charge is -2.31. The Labute approximate surface area is 196 Å². The summed E-state index contributed by atoms with van der Waals surface area (Å²) in [5.74, 6) is -0.176. The van der Waals surface area contributed by atoms with E-state index in [1.54, 1.807) is 38.1 Å². The molecule has 0 aliphatic rings. The van der Waals surface area contributed by atoms with Crippen LogP contribution in [0.25, 0.3) is 0 Å². The molecule has 1 atom stereocenters. The van der Waals surface area contributed by atoms with Crippen molar-refractivity contribution in [1.29, 1.82) is 0 Å². The van der Waals surface area contributed by atoms with Crippen LogP contribution in [0.4, 0.5) is 5.69 Å². The monoisotopic (exact) mass is 475 g/mol. The van der Waals surface area contributed by atoms with Gasteiger partial charge in [-0.2, -0.15) is 0 Å². The Bertz CT molecular complexity index is 1040. The summed E-state index contributed by atoms with van der Waals surface area (Å²) >= 11 is 0. The van der Waals surface area contributed by atoms with Crippen molar-refractivity contribution in [2.24, 2.45) is 0 Å². The number of aryl methyl sites for hydroxylation is 1. The lowest BCUT2D eigenvalue weighted by molar-refractivity contribution is -0.139. The topological polar surface area (TPSA) is 96.0 Å². The van der Waals surface area contributed by atoms with Crippen molar-refractivity contribution in [3.8, 4) is 5.75 Å². The molecule has 0 aliphatic heterocycles. The van der Waals surface area contributed by atoms with Gasteiger partial charge < -0.3 is 15.0 Å². The van der Waals surface area contributed by atoms with Crippen molar-refractivity contribution in [2.75, 3.05) is 30.3 Å². The molecule has 2 aromatic rings. The van der Waals surface area contributed by atoms with Crippen molar-refractivity contribution in [1.82, 2.24) is 10.2 Å². The SMILES string of the molecule is CCNC(=O)[C@@H](C)N(Cc1ccc(C)cc1)C(=O)CN(c1ccc(OCC)cc1)S(C)(=O)=O. The number of anilines is 1. The summed E-state index contributed by atoms with van der Waals surface area (Å²) in [5, 5.41) is 2.73. The molecular formula is C24H33N3O5S. The average Bonchev–Trinajstić information content (AvgIpc) is 2.76. The van der Waals surface area contributed by atoms with E-state index in [4.69, 9.17) is 4.74 Å². The molecule has 1 N–H and O–H groups in total. The normalized spacial score (nSPS) is 12.0. The van der Waals surface area contributed by atoms with Gasteiger partial charge in [-0.15, -0.1) is 0 Å². The molecule has 0 heterocycles. The molecule has 2 rings (SSSR count). The molecule has 0 bridgehead atoms. The van der Waals surface area contributed by atoms with Crippen LogP contribution in [0.2, 0.25) is 0 Å². The molecule has 0 saturated heterocycles. The zero-order chi connectivity index (χ0) is 24.6. The van der Waals surface area contributed by atoms with Gasteiger partial charge in [0.1, 0.15) is 18.3 Å². The smallest absolute Gasteiger partial charge is 0.244 e. The van der Waals surface area contributed by atoms with Gasteiger partial charge in [-0.05, 0) is 57.5 Å². The highest BCUT2D eigenvalue weighted by molar-refractivity contribution is 7.92. The van der Waals surface area contributed by atoms with Crippen LogP contribution in [0.1, 0.15) is 31.9 Å². The van der Waals surface area contributed by atoms with Gasteiger partial charge in [-0.3, -0.25) is 13.9 Å². The van der Waals surface area contributed by atoms with Crippen LogP contribution in [0, 0.1) is 6.92 Å². The minimum atomic E-state index is -3.76. The lowest BCUT2D eigenvalue weighted by atomic mass is 10.1. The number of carbonyl (C=O) groups is 2. The summed E-state index contributed by atoms with van der Waals surface area (Å²) in [5.41, 5.74) is 2.26. The summed E-state index contributed by atoms with van der Waals surface area (Å²) in [7, 11) is -3.76. The molecule has 0 unspecified atom stereocenters. The van der Waals surface area contributed by atoms with Crippen molar-refractivity contribution in [3.63, 3.8) is 0 Å². The highest BCUT2D eigenvalue weighted by atomic mass is 32.2. The molecule has 0 aromatic heterocycles. The fraction of sp³-hybridized carbons (Fsp3) is 0.417. The molecule has 0 fully saturated rings. The summed E-state index contributed by atoms with van der Waals surface area (Å²) in [6, 6.07) is 13.4. The number of amides is 2. The number of sulfonamides is 1. The summed E-state index contributed by atoms with van der Waals surface area (Å²) in [6.45, 7) is 7.92. The lowest BCUT2D eigenvalue weighted by Crippen LogP contribution is -2.51. The van der Waals surface area contributed by atoms with Gasteiger partial charge in [0.2, 0.25) is 21.8 Å². The first-order valence-corrected chi connectivity index (χ1v) is 12.7. The maximum atomic E-state index is 13.4. The Kier molecular flexibility index (Phi) is 9.28. The number of rotatable bonds is 11. The summed E-state index contributed by atoms with van der Waals surface area (Å²) in [6.07, 6.45) is 1.05. The summed E-state index contributed by atoms with van der Waals surface area (Å²) < 4.78 is 31.5. The molecule has 0 aliphatic carbocycles. The maximum absolute atomic E-state index is 13.4. The molecule has 9 heteroatoms. The second-order valence-electron chi connectivity index (χ2n) is 7.77. The van der Waals surface area contributed by atoms with Gasteiger partial charge >= 0.3 is 0 Å². The number of nitrogens with one attached hydrogen (secondary N) is 1. The van der Waals surface area contributed by atoms with E-state index in [2.05, 4.69) is 5.32 Å². The zero-order valence-electron chi connectivity index (χ0n) is 19.9. The largest absolute Gasteiger partial charge is 0.494 e. The van der Waals surface area contributed by atoms with E-state index >= 15 is 0 Å². The molecule has 33 heavy (non-hydrogen) atoms. The fourth-order valence-corrected chi connectivity index (χ4v) is 4.13. The van der Waals surface area contributed by atoms with Crippen LogP contribution < -0.4 is 14.4 Å². The molecule has 2 aromatic carbocycles. The van der Waals surface area contributed by atoms with E-state index < -0.39 is 28.5 Å². The Hall–Kier alpha value is -3.07. The Morgan fingerprint density at radius 3 is 2.15 bits per heavy atom. The third kappa shape index (κ3) is 7.49. The fourth-order valence-electron chi connectivity index (χ4n) is 3.28. The van der Waals surface area contributed by atoms with Gasteiger partial charge in [-0.1, -0.05) is 29.8 Å². The number of hydrogen-bond acceptors (Lipinski definition) is 5. The maximum Gasteiger partial charge on any atom is 0.244 e. The number of benzene rings is 2. The Morgan fingerprint density at radius 2 is 1.64 bits per heavy atom. The zero-order valence-corrected chi connectivity index (χ0v) is 20.7.